The third-order valence-corrected chi connectivity index (χ3v) is 4.12. The van der Waals surface area contributed by atoms with Gasteiger partial charge >= 0.3 is 0 Å². The quantitative estimate of drug-likeness (QED) is 0.812. The lowest BCUT2D eigenvalue weighted by Gasteiger charge is -2.34. The van der Waals surface area contributed by atoms with Crippen LogP contribution in [0.25, 0.3) is 0 Å². The molecule has 1 aromatic carbocycles. The van der Waals surface area contributed by atoms with Crippen molar-refractivity contribution in [2.24, 2.45) is 5.73 Å². The largest absolute Gasteiger partial charge is 0.321 e. The van der Waals surface area contributed by atoms with Crippen LogP contribution in [0.15, 0.2) is 29.2 Å². The Balaban J connectivity index is 0.00000128. The first-order chi connectivity index (χ1) is 7.24. The maximum absolute atomic E-state index is 6.49. The van der Waals surface area contributed by atoms with Gasteiger partial charge in [-0.1, -0.05) is 31.4 Å². The van der Waals surface area contributed by atoms with Gasteiger partial charge in [-0.2, -0.15) is 0 Å². The predicted molar refractivity (Wildman–Crippen MR) is 74.4 cm³/mol. The van der Waals surface area contributed by atoms with Crippen LogP contribution in [0.5, 0.6) is 0 Å². The van der Waals surface area contributed by atoms with Gasteiger partial charge in [-0.05, 0) is 36.8 Å². The Hall–Kier alpha value is -0.180. The van der Waals surface area contributed by atoms with E-state index < -0.39 is 0 Å². The number of nitrogens with two attached hydrogens (primary N) is 1. The number of halogens is 1. The smallest absolute Gasteiger partial charge is 0.0410 e. The highest BCUT2D eigenvalue weighted by atomic mass is 35.5. The van der Waals surface area contributed by atoms with Gasteiger partial charge in [-0.25, -0.2) is 0 Å². The molecule has 0 bridgehead atoms. The van der Waals surface area contributed by atoms with Crippen LogP contribution in [0.1, 0.15) is 37.7 Å². The predicted octanol–water partition coefficient (Wildman–Crippen LogP) is 3.95. The summed E-state index contributed by atoms with van der Waals surface area (Å²) in [6.07, 6.45) is 8.31. The van der Waals surface area contributed by atoms with E-state index in [9.17, 15) is 0 Å². The highest BCUT2D eigenvalue weighted by Crippen LogP contribution is 2.35. The molecule has 3 heteroatoms. The minimum atomic E-state index is -0.0516. The van der Waals surface area contributed by atoms with Crippen LogP contribution < -0.4 is 5.73 Å². The molecule has 0 atom stereocenters. The van der Waals surface area contributed by atoms with Crippen LogP contribution in [0.4, 0.5) is 0 Å². The molecule has 0 unspecified atom stereocenters. The lowest BCUT2D eigenvalue weighted by Crippen LogP contribution is -2.38. The summed E-state index contributed by atoms with van der Waals surface area (Å²) in [4.78, 5) is 1.32. The summed E-state index contributed by atoms with van der Waals surface area (Å²) in [5.74, 6) is 0. The highest BCUT2D eigenvalue weighted by Gasteiger charge is 2.29. The molecule has 1 aromatic rings. The van der Waals surface area contributed by atoms with Gasteiger partial charge in [0.25, 0.3) is 0 Å². The number of thioether (sulfide) groups is 1. The molecule has 2 rings (SSSR count). The van der Waals surface area contributed by atoms with E-state index in [0.717, 1.165) is 12.8 Å². The Morgan fingerprint density at radius 2 is 1.88 bits per heavy atom. The fourth-order valence-electron chi connectivity index (χ4n) is 2.40. The molecule has 0 aromatic heterocycles. The third kappa shape index (κ3) is 2.93. The summed E-state index contributed by atoms with van der Waals surface area (Å²) >= 11 is 1.79. The minimum Gasteiger partial charge on any atom is -0.321 e. The van der Waals surface area contributed by atoms with E-state index >= 15 is 0 Å². The van der Waals surface area contributed by atoms with Crippen molar-refractivity contribution in [1.29, 1.82) is 0 Å². The van der Waals surface area contributed by atoms with Gasteiger partial charge in [0.15, 0.2) is 0 Å². The lowest BCUT2D eigenvalue weighted by atomic mass is 9.77. The molecule has 0 aliphatic heterocycles. The van der Waals surface area contributed by atoms with E-state index in [1.165, 1.54) is 29.7 Å². The molecule has 1 aliphatic carbocycles. The minimum absolute atomic E-state index is 0. The molecule has 0 heterocycles. The Kier molecular flexibility index (Phi) is 5.16. The van der Waals surface area contributed by atoms with Gasteiger partial charge in [-0.3, -0.25) is 0 Å². The van der Waals surface area contributed by atoms with E-state index in [2.05, 4.69) is 30.5 Å². The van der Waals surface area contributed by atoms with Crippen LogP contribution in [0.3, 0.4) is 0 Å². The standard InChI is InChI=1S/C13H19NS.ClH/c1-15-12-7-5-6-11(10-12)13(14)8-3-2-4-9-13;/h5-7,10H,2-4,8-9,14H2,1H3;1H. The fourth-order valence-corrected chi connectivity index (χ4v) is 2.86. The Bertz CT molecular complexity index is 334. The number of benzene rings is 1. The maximum atomic E-state index is 6.49. The van der Waals surface area contributed by atoms with Crippen LogP contribution in [-0.2, 0) is 5.54 Å². The van der Waals surface area contributed by atoms with E-state index in [4.69, 9.17) is 5.73 Å². The van der Waals surface area contributed by atoms with Gasteiger partial charge in [0, 0.05) is 10.4 Å². The zero-order chi connectivity index (χ0) is 10.7. The Morgan fingerprint density at radius 3 is 2.50 bits per heavy atom. The van der Waals surface area contributed by atoms with Crippen molar-refractivity contribution in [3.63, 3.8) is 0 Å². The summed E-state index contributed by atoms with van der Waals surface area (Å²) in [5, 5.41) is 0. The average Bonchev–Trinajstić information content (AvgIpc) is 2.30. The van der Waals surface area contributed by atoms with Crippen LogP contribution in [0.2, 0.25) is 0 Å². The maximum Gasteiger partial charge on any atom is 0.0410 e. The second-order valence-corrected chi connectivity index (χ2v) is 5.33. The van der Waals surface area contributed by atoms with Crippen molar-refractivity contribution < 1.29 is 0 Å². The molecule has 0 saturated heterocycles. The first-order valence-corrected chi connectivity index (χ1v) is 6.90. The molecule has 2 N–H and O–H groups in total. The van der Waals surface area contributed by atoms with E-state index in [0.29, 0.717) is 0 Å². The molecule has 0 spiro atoms. The number of hydrogen-bond donors (Lipinski definition) is 1. The molecule has 1 nitrogen and oxygen atoms in total. The molecular weight excluding hydrogens is 238 g/mol. The highest BCUT2D eigenvalue weighted by molar-refractivity contribution is 7.98. The second-order valence-electron chi connectivity index (χ2n) is 4.45. The van der Waals surface area contributed by atoms with Gasteiger partial charge in [0.05, 0.1) is 0 Å². The van der Waals surface area contributed by atoms with E-state index in [1.54, 1.807) is 11.8 Å². The first-order valence-electron chi connectivity index (χ1n) is 5.68. The molecule has 1 fully saturated rings. The normalized spacial score (nSPS) is 18.9. The van der Waals surface area contributed by atoms with Crippen molar-refractivity contribution in [1.82, 2.24) is 0 Å². The Morgan fingerprint density at radius 1 is 1.19 bits per heavy atom. The van der Waals surface area contributed by atoms with Crippen molar-refractivity contribution in [2.75, 3.05) is 6.26 Å². The van der Waals surface area contributed by atoms with E-state index in [-0.39, 0.29) is 17.9 Å². The topological polar surface area (TPSA) is 26.0 Å². The van der Waals surface area contributed by atoms with Gasteiger partial charge < -0.3 is 5.73 Å². The average molecular weight is 258 g/mol. The number of hydrogen-bond acceptors (Lipinski definition) is 2. The van der Waals surface area contributed by atoms with Gasteiger partial charge in [0.1, 0.15) is 0 Å². The number of rotatable bonds is 2. The van der Waals surface area contributed by atoms with Crippen LogP contribution in [0, 0.1) is 0 Å². The van der Waals surface area contributed by atoms with Crippen LogP contribution >= 0.6 is 24.2 Å². The molecule has 90 valence electrons. The molecule has 1 aliphatic rings. The first kappa shape index (κ1) is 13.9. The monoisotopic (exact) mass is 257 g/mol. The lowest BCUT2D eigenvalue weighted by molar-refractivity contribution is 0.302. The summed E-state index contributed by atoms with van der Waals surface area (Å²) < 4.78 is 0. The van der Waals surface area contributed by atoms with Gasteiger partial charge in [-0.15, -0.1) is 24.2 Å². The van der Waals surface area contributed by atoms with E-state index in [1.807, 2.05) is 0 Å². The summed E-state index contributed by atoms with van der Waals surface area (Å²) in [7, 11) is 0. The van der Waals surface area contributed by atoms with Gasteiger partial charge in [0.2, 0.25) is 0 Å². The van der Waals surface area contributed by atoms with Crippen molar-refractivity contribution in [2.45, 2.75) is 42.5 Å². The van der Waals surface area contributed by atoms with Crippen molar-refractivity contribution in [3.05, 3.63) is 29.8 Å². The summed E-state index contributed by atoms with van der Waals surface area (Å²) in [5.41, 5.74) is 7.77. The third-order valence-electron chi connectivity index (χ3n) is 3.39. The molecule has 16 heavy (non-hydrogen) atoms. The zero-order valence-electron chi connectivity index (χ0n) is 9.74. The molecule has 0 radical (unpaired) electrons. The summed E-state index contributed by atoms with van der Waals surface area (Å²) in [6.45, 7) is 0. The van der Waals surface area contributed by atoms with Crippen molar-refractivity contribution in [3.8, 4) is 0 Å². The summed E-state index contributed by atoms with van der Waals surface area (Å²) in [6, 6.07) is 8.73. The molecular formula is C13H20ClNS. The van der Waals surface area contributed by atoms with Crippen LogP contribution in [-0.4, -0.2) is 6.26 Å². The zero-order valence-corrected chi connectivity index (χ0v) is 11.4. The SMILES string of the molecule is CSc1cccc(C2(N)CCCCC2)c1.Cl. The molecule has 1 saturated carbocycles. The Labute approximate surface area is 109 Å². The fraction of sp³-hybridized carbons (Fsp3) is 0.538. The van der Waals surface area contributed by atoms with Crippen molar-refractivity contribution >= 4 is 24.2 Å². The second kappa shape index (κ2) is 5.95. The molecule has 0 amide bonds.